The molecule has 37 heavy (non-hydrogen) atoms. The number of hydrogen-bond acceptors (Lipinski definition) is 8. The predicted octanol–water partition coefficient (Wildman–Crippen LogP) is 4.62. The van der Waals surface area contributed by atoms with E-state index in [4.69, 9.17) is 14.7 Å². The van der Waals surface area contributed by atoms with Crippen LogP contribution in [0.1, 0.15) is 54.6 Å². The fourth-order valence-corrected chi connectivity index (χ4v) is 4.53. The number of nitrogens with zero attached hydrogens (tertiary/aromatic N) is 8. The van der Waals surface area contributed by atoms with E-state index in [1.165, 1.54) is 6.07 Å². The zero-order valence-corrected chi connectivity index (χ0v) is 20.6. The van der Waals surface area contributed by atoms with Crippen LogP contribution in [0, 0.1) is 13.8 Å². The number of hydrogen-bond donors (Lipinski definition) is 0. The first-order valence-electron chi connectivity index (χ1n) is 12.2. The van der Waals surface area contributed by atoms with Crippen molar-refractivity contribution in [1.82, 2.24) is 34.7 Å². The molecule has 0 unspecified atom stereocenters. The SMILES string of the molecule is Cc1nc2nc(N3C[C@@H](C)O[C@@H](c4cnn(C5CC5)c4)C3)nc(-c3ccnc(C(F)(F)F)c3)c2nc1C. The van der Waals surface area contributed by atoms with Gasteiger partial charge in [-0.05, 0) is 45.7 Å². The van der Waals surface area contributed by atoms with E-state index in [-0.39, 0.29) is 23.5 Å². The van der Waals surface area contributed by atoms with E-state index in [0.717, 1.165) is 30.7 Å². The molecule has 1 saturated carbocycles. The number of aryl methyl sites for hydroxylation is 2. The number of pyridine rings is 1. The summed E-state index contributed by atoms with van der Waals surface area (Å²) in [6.45, 7) is 6.57. The van der Waals surface area contributed by atoms with Gasteiger partial charge in [-0.25, -0.2) is 15.0 Å². The third kappa shape index (κ3) is 4.61. The molecule has 0 amide bonds. The molecule has 0 bridgehead atoms. The van der Waals surface area contributed by atoms with Crippen LogP contribution in [0.25, 0.3) is 22.4 Å². The number of fused-ring (bicyclic) bond motifs is 1. The number of rotatable bonds is 4. The lowest BCUT2D eigenvalue weighted by Crippen LogP contribution is -2.43. The molecule has 2 atom stereocenters. The first-order chi connectivity index (χ1) is 17.7. The van der Waals surface area contributed by atoms with Gasteiger partial charge >= 0.3 is 6.18 Å². The quantitative estimate of drug-likeness (QED) is 0.393. The van der Waals surface area contributed by atoms with Gasteiger partial charge in [0.1, 0.15) is 23.0 Å². The van der Waals surface area contributed by atoms with Crippen molar-refractivity contribution in [2.45, 2.75) is 58.0 Å². The second-order valence-corrected chi connectivity index (χ2v) is 9.69. The third-order valence-corrected chi connectivity index (χ3v) is 6.71. The number of aromatic nitrogens is 7. The third-order valence-electron chi connectivity index (χ3n) is 6.71. The average molecular weight is 511 g/mol. The predicted molar refractivity (Wildman–Crippen MR) is 129 cm³/mol. The lowest BCUT2D eigenvalue weighted by atomic mass is 10.1. The standard InChI is InChI=1S/C25H25F3N8O/c1-13-10-35(12-19(37-13)17-9-30-36(11-17)18-4-5-18)24-33-21(16-6-7-29-20(8-16)25(26,27)28)22-23(34-24)32-15(3)14(2)31-22/h6-9,11,13,18-19H,4-5,10,12H2,1-3H3/t13-,19-/m1/s1. The minimum Gasteiger partial charge on any atom is -0.367 e. The van der Waals surface area contributed by atoms with Crippen LogP contribution in [-0.2, 0) is 10.9 Å². The highest BCUT2D eigenvalue weighted by Gasteiger charge is 2.34. The van der Waals surface area contributed by atoms with Gasteiger partial charge in [-0.15, -0.1) is 0 Å². The second kappa shape index (κ2) is 8.72. The molecule has 0 N–H and O–H groups in total. The Hall–Kier alpha value is -3.67. The van der Waals surface area contributed by atoms with Gasteiger partial charge in [0.25, 0.3) is 0 Å². The van der Waals surface area contributed by atoms with Crippen LogP contribution in [0.5, 0.6) is 0 Å². The first kappa shape index (κ1) is 23.7. The van der Waals surface area contributed by atoms with Crippen LogP contribution in [0.15, 0.2) is 30.7 Å². The second-order valence-electron chi connectivity index (χ2n) is 9.69. The topological polar surface area (TPSA) is 94.7 Å². The molecule has 0 aromatic carbocycles. The van der Waals surface area contributed by atoms with E-state index in [0.29, 0.717) is 47.6 Å². The molecule has 4 aromatic rings. The Bertz CT molecular complexity index is 1480. The first-order valence-corrected chi connectivity index (χ1v) is 12.2. The molecule has 6 rings (SSSR count). The highest BCUT2D eigenvalue weighted by Crippen LogP contribution is 2.36. The Balaban J connectivity index is 1.43. The Labute approximate surface area is 210 Å². The highest BCUT2D eigenvalue weighted by molar-refractivity contribution is 5.88. The summed E-state index contributed by atoms with van der Waals surface area (Å²) in [4.78, 5) is 24.1. The summed E-state index contributed by atoms with van der Waals surface area (Å²) in [7, 11) is 0. The summed E-state index contributed by atoms with van der Waals surface area (Å²) in [5, 5.41) is 4.49. The highest BCUT2D eigenvalue weighted by atomic mass is 19.4. The zero-order chi connectivity index (χ0) is 25.9. The number of alkyl halides is 3. The van der Waals surface area contributed by atoms with E-state index >= 15 is 0 Å². The molecule has 5 heterocycles. The van der Waals surface area contributed by atoms with Crippen molar-refractivity contribution in [3.05, 3.63) is 53.4 Å². The van der Waals surface area contributed by atoms with Gasteiger partial charge in [0, 0.05) is 30.1 Å². The zero-order valence-electron chi connectivity index (χ0n) is 20.6. The summed E-state index contributed by atoms with van der Waals surface area (Å²) < 4.78 is 48.5. The maximum Gasteiger partial charge on any atom is 0.433 e. The number of anilines is 1. The lowest BCUT2D eigenvalue weighted by Gasteiger charge is -2.36. The smallest absolute Gasteiger partial charge is 0.367 e. The van der Waals surface area contributed by atoms with Crippen molar-refractivity contribution in [2.75, 3.05) is 18.0 Å². The summed E-state index contributed by atoms with van der Waals surface area (Å²) in [6, 6.07) is 2.94. The maximum absolute atomic E-state index is 13.4. The largest absolute Gasteiger partial charge is 0.433 e. The van der Waals surface area contributed by atoms with Crippen LogP contribution in [0.3, 0.4) is 0 Å². The van der Waals surface area contributed by atoms with E-state index in [2.05, 4.69) is 20.1 Å². The Morgan fingerprint density at radius 3 is 2.57 bits per heavy atom. The number of morpholine rings is 1. The molecular formula is C25H25F3N8O. The fraction of sp³-hybridized carbons (Fsp3) is 0.440. The van der Waals surface area contributed by atoms with Crippen LogP contribution < -0.4 is 4.90 Å². The number of ether oxygens (including phenoxy) is 1. The van der Waals surface area contributed by atoms with Crippen molar-refractivity contribution in [3.8, 4) is 11.3 Å². The average Bonchev–Trinajstić information content (AvgIpc) is 3.59. The lowest BCUT2D eigenvalue weighted by molar-refractivity contribution is -0.141. The molecule has 2 aliphatic rings. The molecule has 12 heteroatoms. The van der Waals surface area contributed by atoms with E-state index < -0.39 is 11.9 Å². The van der Waals surface area contributed by atoms with Gasteiger partial charge in [0.15, 0.2) is 5.65 Å². The molecular weight excluding hydrogens is 485 g/mol. The Morgan fingerprint density at radius 1 is 1.03 bits per heavy atom. The monoisotopic (exact) mass is 510 g/mol. The molecule has 1 saturated heterocycles. The normalized spacial score (nSPS) is 20.5. The molecule has 4 aromatic heterocycles. The minimum atomic E-state index is -4.59. The Morgan fingerprint density at radius 2 is 1.81 bits per heavy atom. The van der Waals surface area contributed by atoms with E-state index in [1.807, 2.05) is 35.8 Å². The summed E-state index contributed by atoms with van der Waals surface area (Å²) >= 11 is 0. The summed E-state index contributed by atoms with van der Waals surface area (Å²) in [5.41, 5.74) is 2.51. The number of halogens is 3. The van der Waals surface area contributed by atoms with Crippen LogP contribution in [0.4, 0.5) is 19.1 Å². The van der Waals surface area contributed by atoms with E-state index in [9.17, 15) is 13.2 Å². The Kier molecular flexibility index (Phi) is 5.59. The van der Waals surface area contributed by atoms with Crippen molar-refractivity contribution in [2.24, 2.45) is 0 Å². The van der Waals surface area contributed by atoms with Gasteiger partial charge in [-0.3, -0.25) is 9.67 Å². The van der Waals surface area contributed by atoms with Gasteiger partial charge in [0.2, 0.25) is 5.95 Å². The van der Waals surface area contributed by atoms with Gasteiger partial charge < -0.3 is 9.64 Å². The molecule has 1 aliphatic carbocycles. The molecule has 0 radical (unpaired) electrons. The molecule has 1 aliphatic heterocycles. The fourth-order valence-electron chi connectivity index (χ4n) is 4.53. The minimum absolute atomic E-state index is 0.130. The van der Waals surface area contributed by atoms with Gasteiger partial charge in [-0.2, -0.15) is 23.3 Å². The maximum atomic E-state index is 13.4. The van der Waals surface area contributed by atoms with Crippen molar-refractivity contribution < 1.29 is 17.9 Å². The summed E-state index contributed by atoms with van der Waals surface area (Å²) in [5.74, 6) is 0.361. The van der Waals surface area contributed by atoms with Crippen molar-refractivity contribution in [1.29, 1.82) is 0 Å². The van der Waals surface area contributed by atoms with Crippen LogP contribution in [-0.4, -0.2) is 53.9 Å². The van der Waals surface area contributed by atoms with Crippen LogP contribution >= 0.6 is 0 Å². The van der Waals surface area contributed by atoms with Crippen LogP contribution in [0.2, 0.25) is 0 Å². The van der Waals surface area contributed by atoms with Gasteiger partial charge in [-0.1, -0.05) is 0 Å². The molecule has 0 spiro atoms. The molecule has 9 nitrogen and oxygen atoms in total. The van der Waals surface area contributed by atoms with Gasteiger partial charge in [0.05, 0.1) is 36.3 Å². The molecule has 192 valence electrons. The molecule has 2 fully saturated rings. The van der Waals surface area contributed by atoms with Crippen molar-refractivity contribution >= 4 is 17.1 Å². The van der Waals surface area contributed by atoms with E-state index in [1.54, 1.807) is 6.92 Å². The summed E-state index contributed by atoms with van der Waals surface area (Å²) in [6.07, 6.45) is 2.29. The van der Waals surface area contributed by atoms with Crippen molar-refractivity contribution in [3.63, 3.8) is 0 Å².